The molecule has 84 valence electrons. The van der Waals surface area contributed by atoms with Crippen LogP contribution in [0.4, 0.5) is 0 Å². The van der Waals surface area contributed by atoms with E-state index < -0.39 is 42.3 Å². The highest BCUT2D eigenvalue weighted by molar-refractivity contribution is 5.73. The van der Waals surface area contributed by atoms with Crippen molar-refractivity contribution in [2.24, 2.45) is 5.92 Å². The van der Waals surface area contributed by atoms with Crippen molar-refractivity contribution in [1.29, 1.82) is 0 Å². The number of carbonyl (C=O) groups excluding carboxylic acids is 2. The van der Waals surface area contributed by atoms with Gasteiger partial charge in [-0.05, 0) is 0 Å². The number of carbonyl (C=O) groups is 2. The van der Waals surface area contributed by atoms with Gasteiger partial charge in [0, 0.05) is 12.8 Å². The molecule has 2 N–H and O–H groups in total. The van der Waals surface area contributed by atoms with Crippen molar-refractivity contribution in [1.82, 2.24) is 0 Å². The minimum absolute atomic E-state index is 0.0562. The van der Waals surface area contributed by atoms with Gasteiger partial charge in [0.2, 0.25) is 0 Å². The Balaban J connectivity index is 2.16. The Morgan fingerprint density at radius 2 is 2.13 bits per heavy atom. The van der Waals surface area contributed by atoms with Crippen LogP contribution in [-0.2, 0) is 19.1 Å². The molecule has 6 heteroatoms. The van der Waals surface area contributed by atoms with Gasteiger partial charge < -0.3 is 19.7 Å². The van der Waals surface area contributed by atoms with Crippen molar-refractivity contribution >= 4 is 11.9 Å². The molecule has 0 aromatic rings. The van der Waals surface area contributed by atoms with Gasteiger partial charge in [0.05, 0.1) is 12.5 Å². The van der Waals surface area contributed by atoms with Crippen LogP contribution in [-0.4, -0.2) is 46.6 Å². The molecule has 2 rings (SSSR count). The van der Waals surface area contributed by atoms with E-state index in [2.05, 4.69) is 0 Å². The normalized spacial score (nSPS) is 43.7. The van der Waals surface area contributed by atoms with Gasteiger partial charge >= 0.3 is 11.9 Å². The van der Waals surface area contributed by atoms with Gasteiger partial charge in [-0.1, -0.05) is 0 Å². The van der Waals surface area contributed by atoms with E-state index in [9.17, 15) is 19.8 Å². The van der Waals surface area contributed by atoms with Crippen LogP contribution in [0.15, 0.2) is 0 Å². The summed E-state index contributed by atoms with van der Waals surface area (Å²) in [5, 5.41) is 19.2. The molecule has 2 fully saturated rings. The molecule has 6 nitrogen and oxygen atoms in total. The Labute approximate surface area is 85.8 Å². The van der Waals surface area contributed by atoms with Crippen molar-refractivity contribution in [3.05, 3.63) is 0 Å². The van der Waals surface area contributed by atoms with Crippen LogP contribution >= 0.6 is 0 Å². The molecule has 5 atom stereocenters. The van der Waals surface area contributed by atoms with E-state index in [0.29, 0.717) is 0 Å². The quantitative estimate of drug-likeness (QED) is 0.523. The van der Waals surface area contributed by atoms with E-state index in [4.69, 9.17) is 9.47 Å². The maximum absolute atomic E-state index is 11.0. The number of fused-ring (bicyclic) bond motifs is 1. The van der Waals surface area contributed by atoms with Crippen molar-refractivity contribution in [3.8, 4) is 0 Å². The summed E-state index contributed by atoms with van der Waals surface area (Å²) in [6.45, 7) is 1.20. The van der Waals surface area contributed by atoms with Gasteiger partial charge in [0.15, 0.2) is 6.10 Å². The average Bonchev–Trinajstić information content (AvgIpc) is 2.60. The third kappa shape index (κ3) is 1.59. The van der Waals surface area contributed by atoms with E-state index in [1.165, 1.54) is 6.92 Å². The Kier molecular flexibility index (Phi) is 2.40. The zero-order chi connectivity index (χ0) is 11.2. The molecule has 0 spiro atoms. The predicted octanol–water partition coefficient (Wildman–Crippen LogP) is -1.41. The first kappa shape index (κ1) is 10.4. The summed E-state index contributed by atoms with van der Waals surface area (Å²) in [5.74, 6) is -1.49. The monoisotopic (exact) mass is 216 g/mol. The Bertz CT molecular complexity index is 301. The number of hydrogen-bond donors (Lipinski definition) is 2. The van der Waals surface area contributed by atoms with E-state index in [-0.39, 0.29) is 6.42 Å². The highest BCUT2D eigenvalue weighted by Gasteiger charge is 2.57. The SMILES string of the molecule is CC(=O)O[C@@H]1[C@@H](O)[C@@H](O)[C@H]2CC(=O)O[C@H]21. The second-order valence-corrected chi connectivity index (χ2v) is 3.88. The lowest BCUT2D eigenvalue weighted by molar-refractivity contribution is -0.165. The zero-order valence-electron chi connectivity index (χ0n) is 8.12. The topological polar surface area (TPSA) is 93.1 Å². The standard InChI is InChI=1S/C9H12O6/c1-3(10)14-9-7(13)6(12)4-2-5(11)15-8(4)9/h4,6-9,12-13H,2H2,1H3/t4-,6+,7+,8-,9-/m1/s1. The van der Waals surface area contributed by atoms with Crippen LogP contribution in [0.1, 0.15) is 13.3 Å². The van der Waals surface area contributed by atoms with Gasteiger partial charge in [-0.3, -0.25) is 9.59 Å². The van der Waals surface area contributed by atoms with Gasteiger partial charge in [-0.2, -0.15) is 0 Å². The molecule has 1 saturated carbocycles. The zero-order valence-corrected chi connectivity index (χ0v) is 8.12. The lowest BCUT2D eigenvalue weighted by Gasteiger charge is -2.19. The van der Waals surface area contributed by atoms with E-state index in [0.717, 1.165) is 0 Å². The number of esters is 2. The van der Waals surface area contributed by atoms with Crippen LogP contribution in [0.25, 0.3) is 0 Å². The number of aliphatic hydroxyl groups is 2. The Morgan fingerprint density at radius 1 is 1.47 bits per heavy atom. The number of rotatable bonds is 1. The molecule has 0 aromatic carbocycles. The summed E-state index contributed by atoms with van der Waals surface area (Å²) < 4.78 is 9.73. The fraction of sp³-hybridized carbons (Fsp3) is 0.778. The maximum atomic E-state index is 11.0. The summed E-state index contributed by atoms with van der Waals surface area (Å²) in [5.41, 5.74) is 0. The highest BCUT2D eigenvalue weighted by atomic mass is 16.6. The average molecular weight is 216 g/mol. The fourth-order valence-electron chi connectivity index (χ4n) is 2.19. The van der Waals surface area contributed by atoms with Crippen molar-refractivity contribution in [3.63, 3.8) is 0 Å². The first-order valence-electron chi connectivity index (χ1n) is 4.73. The summed E-state index contributed by atoms with van der Waals surface area (Å²) in [6, 6.07) is 0. The summed E-state index contributed by atoms with van der Waals surface area (Å²) in [7, 11) is 0. The lowest BCUT2D eigenvalue weighted by Crippen LogP contribution is -2.37. The van der Waals surface area contributed by atoms with Crippen LogP contribution in [0.3, 0.4) is 0 Å². The minimum atomic E-state index is -1.18. The molecule has 0 aromatic heterocycles. The summed E-state index contributed by atoms with van der Waals surface area (Å²) in [4.78, 5) is 21.8. The van der Waals surface area contributed by atoms with Crippen molar-refractivity contribution < 1.29 is 29.3 Å². The predicted molar refractivity (Wildman–Crippen MR) is 45.6 cm³/mol. The molecule has 2 aliphatic rings. The van der Waals surface area contributed by atoms with Gasteiger partial charge in [0.1, 0.15) is 12.2 Å². The van der Waals surface area contributed by atoms with Crippen LogP contribution in [0.5, 0.6) is 0 Å². The largest absolute Gasteiger partial charge is 0.458 e. The molecule has 0 bridgehead atoms. The molecular weight excluding hydrogens is 204 g/mol. The molecule has 1 heterocycles. The molecule has 1 aliphatic heterocycles. The molecule has 0 unspecified atom stereocenters. The van der Waals surface area contributed by atoms with Gasteiger partial charge in [-0.15, -0.1) is 0 Å². The maximum Gasteiger partial charge on any atom is 0.306 e. The van der Waals surface area contributed by atoms with E-state index >= 15 is 0 Å². The molecule has 1 saturated heterocycles. The second kappa shape index (κ2) is 3.46. The van der Waals surface area contributed by atoms with Crippen molar-refractivity contribution in [2.45, 2.75) is 37.8 Å². The number of aliphatic hydroxyl groups excluding tert-OH is 2. The molecule has 15 heavy (non-hydrogen) atoms. The van der Waals surface area contributed by atoms with E-state index in [1.54, 1.807) is 0 Å². The molecular formula is C9H12O6. The van der Waals surface area contributed by atoms with Gasteiger partial charge in [-0.25, -0.2) is 0 Å². The summed E-state index contributed by atoms with van der Waals surface area (Å²) >= 11 is 0. The molecule has 0 amide bonds. The van der Waals surface area contributed by atoms with Gasteiger partial charge in [0.25, 0.3) is 0 Å². The lowest BCUT2D eigenvalue weighted by atomic mass is 10.0. The molecule has 0 radical (unpaired) electrons. The minimum Gasteiger partial charge on any atom is -0.458 e. The van der Waals surface area contributed by atoms with Crippen molar-refractivity contribution in [2.75, 3.05) is 0 Å². The Morgan fingerprint density at radius 3 is 2.73 bits per heavy atom. The highest BCUT2D eigenvalue weighted by Crippen LogP contribution is 2.38. The smallest absolute Gasteiger partial charge is 0.306 e. The number of ether oxygens (including phenoxy) is 2. The van der Waals surface area contributed by atoms with Crippen LogP contribution < -0.4 is 0 Å². The number of hydrogen-bond acceptors (Lipinski definition) is 6. The Hall–Kier alpha value is -1.14. The van der Waals surface area contributed by atoms with E-state index in [1.807, 2.05) is 0 Å². The third-order valence-electron chi connectivity index (χ3n) is 2.84. The first-order valence-corrected chi connectivity index (χ1v) is 4.73. The first-order chi connectivity index (χ1) is 7.00. The molecule has 1 aliphatic carbocycles. The second-order valence-electron chi connectivity index (χ2n) is 3.88. The summed E-state index contributed by atoms with van der Waals surface area (Å²) in [6.07, 6.45) is -3.87. The van der Waals surface area contributed by atoms with Crippen LogP contribution in [0.2, 0.25) is 0 Å². The van der Waals surface area contributed by atoms with Crippen LogP contribution in [0, 0.1) is 5.92 Å². The fourth-order valence-corrected chi connectivity index (χ4v) is 2.19. The third-order valence-corrected chi connectivity index (χ3v) is 2.84.